The van der Waals surface area contributed by atoms with Crippen molar-refractivity contribution in [1.82, 2.24) is 0 Å². The summed E-state index contributed by atoms with van der Waals surface area (Å²) in [6.45, 7) is 5.93. The van der Waals surface area contributed by atoms with Crippen molar-refractivity contribution in [2.45, 2.75) is 59.0 Å². The highest BCUT2D eigenvalue weighted by Gasteiger charge is 2.35. The quantitative estimate of drug-likeness (QED) is 0.718. The molecule has 0 bridgehead atoms. The Kier molecular flexibility index (Phi) is 4.32. The summed E-state index contributed by atoms with van der Waals surface area (Å²) < 4.78 is 5.43. The van der Waals surface area contributed by atoms with Gasteiger partial charge in [-0.25, -0.2) is 0 Å². The van der Waals surface area contributed by atoms with Crippen molar-refractivity contribution in [2.75, 3.05) is 7.11 Å². The number of ketones is 1. The lowest BCUT2D eigenvalue weighted by Crippen LogP contribution is -2.39. The summed E-state index contributed by atoms with van der Waals surface area (Å²) in [5, 5.41) is 0. The SMILES string of the molecule is COC(C(=O)C(C)(C)C)C1CCCCC1. The van der Waals surface area contributed by atoms with Crippen LogP contribution in [-0.4, -0.2) is 19.0 Å². The van der Waals surface area contributed by atoms with E-state index in [9.17, 15) is 4.79 Å². The highest BCUT2D eigenvalue weighted by atomic mass is 16.5. The molecule has 15 heavy (non-hydrogen) atoms. The Morgan fingerprint density at radius 2 is 1.73 bits per heavy atom. The summed E-state index contributed by atoms with van der Waals surface area (Å²) >= 11 is 0. The monoisotopic (exact) mass is 212 g/mol. The first-order valence-electron chi connectivity index (χ1n) is 6.04. The predicted octanol–water partition coefficient (Wildman–Crippen LogP) is 3.20. The first-order valence-corrected chi connectivity index (χ1v) is 6.04. The van der Waals surface area contributed by atoms with Gasteiger partial charge in [0.15, 0.2) is 5.78 Å². The Labute approximate surface area is 93.4 Å². The first-order chi connectivity index (χ1) is 6.96. The minimum absolute atomic E-state index is 0.176. The fraction of sp³-hybridized carbons (Fsp3) is 0.923. The molecular formula is C13H24O2. The Morgan fingerprint density at radius 3 is 2.13 bits per heavy atom. The summed E-state index contributed by atoms with van der Waals surface area (Å²) in [5.74, 6) is 0.715. The number of ether oxygens (including phenoxy) is 1. The molecule has 0 spiro atoms. The van der Waals surface area contributed by atoms with E-state index in [0.29, 0.717) is 5.92 Å². The van der Waals surface area contributed by atoms with Crippen molar-refractivity contribution < 1.29 is 9.53 Å². The molecule has 2 nitrogen and oxygen atoms in total. The molecule has 1 aliphatic rings. The third-order valence-corrected chi connectivity index (χ3v) is 3.33. The average Bonchev–Trinajstić information content (AvgIpc) is 2.19. The summed E-state index contributed by atoms with van der Waals surface area (Å²) in [6, 6.07) is 0. The molecule has 0 heterocycles. The number of rotatable bonds is 3. The molecule has 0 aliphatic heterocycles. The maximum Gasteiger partial charge on any atom is 0.167 e. The fourth-order valence-electron chi connectivity index (χ4n) is 2.38. The van der Waals surface area contributed by atoms with Crippen molar-refractivity contribution in [1.29, 1.82) is 0 Å². The molecule has 0 N–H and O–H groups in total. The maximum atomic E-state index is 12.2. The van der Waals surface area contributed by atoms with Gasteiger partial charge in [-0.05, 0) is 18.8 Å². The molecular weight excluding hydrogens is 188 g/mol. The normalized spacial score (nSPS) is 21.3. The van der Waals surface area contributed by atoms with E-state index in [-0.39, 0.29) is 17.3 Å². The van der Waals surface area contributed by atoms with Gasteiger partial charge in [-0.15, -0.1) is 0 Å². The average molecular weight is 212 g/mol. The molecule has 1 fully saturated rings. The van der Waals surface area contributed by atoms with Crippen LogP contribution in [0.4, 0.5) is 0 Å². The van der Waals surface area contributed by atoms with Crippen LogP contribution in [0, 0.1) is 11.3 Å². The number of carbonyl (C=O) groups is 1. The fourth-order valence-corrected chi connectivity index (χ4v) is 2.38. The van der Waals surface area contributed by atoms with Crippen LogP contribution in [-0.2, 0) is 9.53 Å². The van der Waals surface area contributed by atoms with Crippen LogP contribution in [0.15, 0.2) is 0 Å². The third-order valence-electron chi connectivity index (χ3n) is 3.33. The molecule has 88 valence electrons. The molecule has 0 saturated heterocycles. The van der Waals surface area contributed by atoms with E-state index in [1.54, 1.807) is 7.11 Å². The standard InChI is InChI=1S/C13H24O2/c1-13(2,3)12(14)11(15-4)10-8-6-5-7-9-10/h10-11H,5-9H2,1-4H3. The maximum absolute atomic E-state index is 12.2. The number of methoxy groups -OCH3 is 1. The molecule has 1 unspecified atom stereocenters. The minimum Gasteiger partial charge on any atom is -0.373 e. The molecule has 0 amide bonds. The van der Waals surface area contributed by atoms with Crippen molar-refractivity contribution in [3.8, 4) is 0 Å². The van der Waals surface area contributed by atoms with E-state index in [4.69, 9.17) is 4.74 Å². The van der Waals surface area contributed by atoms with Crippen LogP contribution in [0.1, 0.15) is 52.9 Å². The van der Waals surface area contributed by atoms with Gasteiger partial charge in [0.1, 0.15) is 6.10 Å². The number of hydrogen-bond acceptors (Lipinski definition) is 2. The van der Waals surface area contributed by atoms with Crippen LogP contribution in [0.5, 0.6) is 0 Å². The smallest absolute Gasteiger partial charge is 0.167 e. The lowest BCUT2D eigenvalue weighted by Gasteiger charge is -2.32. The van der Waals surface area contributed by atoms with Crippen molar-refractivity contribution in [3.05, 3.63) is 0 Å². The molecule has 0 radical (unpaired) electrons. The van der Waals surface area contributed by atoms with Gasteiger partial charge in [0.25, 0.3) is 0 Å². The van der Waals surface area contributed by atoms with Gasteiger partial charge in [0, 0.05) is 12.5 Å². The topological polar surface area (TPSA) is 26.3 Å². The van der Waals surface area contributed by atoms with E-state index in [2.05, 4.69) is 0 Å². The predicted molar refractivity (Wildman–Crippen MR) is 61.8 cm³/mol. The molecule has 1 saturated carbocycles. The highest BCUT2D eigenvalue weighted by Crippen LogP contribution is 2.31. The molecule has 1 atom stereocenters. The van der Waals surface area contributed by atoms with E-state index in [0.717, 1.165) is 12.8 Å². The Morgan fingerprint density at radius 1 is 1.20 bits per heavy atom. The molecule has 0 aromatic carbocycles. The summed E-state index contributed by atoms with van der Waals surface area (Å²) in [5.41, 5.74) is -0.280. The number of carbonyl (C=O) groups excluding carboxylic acids is 1. The second-order valence-corrected chi connectivity index (χ2v) is 5.67. The van der Waals surface area contributed by atoms with Crippen LogP contribution >= 0.6 is 0 Å². The minimum atomic E-state index is -0.280. The van der Waals surface area contributed by atoms with Crippen molar-refractivity contribution in [2.24, 2.45) is 11.3 Å². The van der Waals surface area contributed by atoms with E-state index in [1.165, 1.54) is 19.3 Å². The van der Waals surface area contributed by atoms with E-state index in [1.807, 2.05) is 20.8 Å². The van der Waals surface area contributed by atoms with Gasteiger partial charge in [-0.2, -0.15) is 0 Å². The Hall–Kier alpha value is -0.370. The summed E-state index contributed by atoms with van der Waals surface area (Å²) in [7, 11) is 1.67. The molecule has 1 rings (SSSR count). The van der Waals surface area contributed by atoms with Crippen LogP contribution in [0.2, 0.25) is 0 Å². The van der Waals surface area contributed by atoms with Gasteiger partial charge in [0.2, 0.25) is 0 Å². The zero-order valence-corrected chi connectivity index (χ0v) is 10.5. The Bertz CT molecular complexity index is 209. The van der Waals surface area contributed by atoms with Gasteiger partial charge in [-0.3, -0.25) is 4.79 Å². The highest BCUT2D eigenvalue weighted by molar-refractivity contribution is 5.88. The zero-order valence-electron chi connectivity index (χ0n) is 10.5. The lowest BCUT2D eigenvalue weighted by molar-refractivity contribution is -0.140. The molecule has 1 aliphatic carbocycles. The van der Waals surface area contributed by atoms with E-state index < -0.39 is 0 Å². The van der Waals surface area contributed by atoms with Crippen LogP contribution in [0.25, 0.3) is 0 Å². The zero-order chi connectivity index (χ0) is 11.5. The van der Waals surface area contributed by atoms with E-state index >= 15 is 0 Å². The summed E-state index contributed by atoms with van der Waals surface area (Å²) in [6.07, 6.45) is 5.95. The lowest BCUT2D eigenvalue weighted by atomic mass is 9.77. The molecule has 0 aromatic heterocycles. The van der Waals surface area contributed by atoms with Crippen molar-refractivity contribution in [3.63, 3.8) is 0 Å². The van der Waals surface area contributed by atoms with Gasteiger partial charge < -0.3 is 4.74 Å². The number of Topliss-reactive ketones (excluding diaryl/α,β-unsaturated/α-hetero) is 1. The number of hydrogen-bond donors (Lipinski definition) is 0. The largest absolute Gasteiger partial charge is 0.373 e. The second kappa shape index (κ2) is 5.11. The molecule has 2 heteroatoms. The van der Waals surface area contributed by atoms with Crippen LogP contribution in [0.3, 0.4) is 0 Å². The second-order valence-electron chi connectivity index (χ2n) is 5.67. The van der Waals surface area contributed by atoms with Crippen LogP contribution < -0.4 is 0 Å². The third kappa shape index (κ3) is 3.30. The van der Waals surface area contributed by atoms with Crippen molar-refractivity contribution >= 4 is 5.78 Å². The van der Waals surface area contributed by atoms with Gasteiger partial charge in [-0.1, -0.05) is 40.0 Å². The first kappa shape index (κ1) is 12.7. The van der Waals surface area contributed by atoms with Gasteiger partial charge in [0.05, 0.1) is 0 Å². The summed E-state index contributed by atoms with van der Waals surface area (Å²) in [4.78, 5) is 12.2. The van der Waals surface area contributed by atoms with Gasteiger partial charge >= 0.3 is 0 Å². The Balaban J connectivity index is 2.65. The molecule has 0 aromatic rings.